The highest BCUT2D eigenvalue weighted by atomic mass is 32.1. The molecule has 0 fully saturated rings. The standard InChI is InChI=1S/C24H21N3O4S/c1-4-18-25-26-24(32-18)27-20(14-7-9-15(10-8-14)30-5-2)19-21(28)16-12-13(3)6-11-17(16)31-22(19)23(27)29/h6-12,20H,4-5H2,1-3H3/t20-/m0/s1. The van der Waals surface area contributed by atoms with Gasteiger partial charge < -0.3 is 9.15 Å². The molecule has 8 heteroatoms. The lowest BCUT2D eigenvalue weighted by Crippen LogP contribution is -2.29. The average Bonchev–Trinajstić information content (AvgIpc) is 3.38. The Morgan fingerprint density at radius 3 is 2.56 bits per heavy atom. The van der Waals surface area contributed by atoms with Gasteiger partial charge in [-0.25, -0.2) is 0 Å². The van der Waals surface area contributed by atoms with Gasteiger partial charge in [0.1, 0.15) is 16.3 Å². The highest BCUT2D eigenvalue weighted by molar-refractivity contribution is 7.15. The van der Waals surface area contributed by atoms with Crippen molar-refractivity contribution in [1.29, 1.82) is 0 Å². The number of hydrogen-bond donors (Lipinski definition) is 0. The van der Waals surface area contributed by atoms with E-state index in [0.717, 1.165) is 21.9 Å². The molecule has 0 radical (unpaired) electrons. The van der Waals surface area contributed by atoms with Crippen LogP contribution in [-0.2, 0) is 6.42 Å². The molecular formula is C24H21N3O4S. The quantitative estimate of drug-likeness (QED) is 0.442. The van der Waals surface area contributed by atoms with Crippen molar-refractivity contribution in [2.75, 3.05) is 11.5 Å². The van der Waals surface area contributed by atoms with Crippen molar-refractivity contribution in [3.05, 3.63) is 80.1 Å². The summed E-state index contributed by atoms with van der Waals surface area (Å²) in [4.78, 5) is 28.7. The first-order chi connectivity index (χ1) is 15.5. The number of carbonyl (C=O) groups excluding carboxylic acids is 1. The molecule has 1 aliphatic rings. The summed E-state index contributed by atoms with van der Waals surface area (Å²) in [6, 6.07) is 12.1. The molecule has 3 heterocycles. The van der Waals surface area contributed by atoms with Gasteiger partial charge in [0.2, 0.25) is 10.9 Å². The molecule has 1 amide bonds. The van der Waals surface area contributed by atoms with Crippen LogP contribution in [0.15, 0.2) is 51.7 Å². The van der Waals surface area contributed by atoms with Crippen LogP contribution in [0.5, 0.6) is 5.75 Å². The summed E-state index contributed by atoms with van der Waals surface area (Å²) >= 11 is 1.34. The van der Waals surface area contributed by atoms with Crippen LogP contribution in [-0.4, -0.2) is 22.7 Å². The van der Waals surface area contributed by atoms with Gasteiger partial charge in [0.15, 0.2) is 5.43 Å². The SMILES string of the molecule is CCOc1ccc([C@H]2c3c(oc4ccc(C)cc4c3=O)C(=O)N2c2nnc(CC)s2)cc1. The molecule has 32 heavy (non-hydrogen) atoms. The summed E-state index contributed by atoms with van der Waals surface area (Å²) in [6.07, 6.45) is 0.709. The number of aromatic nitrogens is 2. The van der Waals surface area contributed by atoms with Crippen LogP contribution in [0.4, 0.5) is 5.13 Å². The Kier molecular flexibility index (Phi) is 5.01. The van der Waals surface area contributed by atoms with Crippen molar-refractivity contribution in [3.63, 3.8) is 0 Å². The van der Waals surface area contributed by atoms with Crippen LogP contribution in [0, 0.1) is 6.92 Å². The van der Waals surface area contributed by atoms with Crippen LogP contribution >= 0.6 is 11.3 Å². The summed E-state index contributed by atoms with van der Waals surface area (Å²) in [5.41, 5.74) is 2.23. The van der Waals surface area contributed by atoms with Crippen molar-refractivity contribution >= 4 is 33.3 Å². The lowest BCUT2D eigenvalue weighted by atomic mass is 9.98. The van der Waals surface area contributed by atoms with E-state index in [1.165, 1.54) is 16.2 Å². The minimum atomic E-state index is -0.660. The first-order valence-electron chi connectivity index (χ1n) is 10.5. The lowest BCUT2D eigenvalue weighted by Gasteiger charge is -2.22. The van der Waals surface area contributed by atoms with E-state index in [4.69, 9.17) is 9.15 Å². The molecule has 0 saturated heterocycles. The Morgan fingerprint density at radius 1 is 1.09 bits per heavy atom. The van der Waals surface area contributed by atoms with Crippen molar-refractivity contribution in [1.82, 2.24) is 10.2 Å². The summed E-state index contributed by atoms with van der Waals surface area (Å²) in [5, 5.41) is 10.1. The van der Waals surface area contributed by atoms with E-state index in [0.29, 0.717) is 34.7 Å². The molecule has 2 aromatic heterocycles. The van der Waals surface area contributed by atoms with Gasteiger partial charge in [0, 0.05) is 0 Å². The first-order valence-corrected chi connectivity index (χ1v) is 11.3. The number of aryl methyl sites for hydroxylation is 2. The molecule has 1 aliphatic heterocycles. The largest absolute Gasteiger partial charge is 0.494 e. The summed E-state index contributed by atoms with van der Waals surface area (Å²) < 4.78 is 11.5. The average molecular weight is 448 g/mol. The zero-order valence-electron chi connectivity index (χ0n) is 17.9. The van der Waals surface area contributed by atoms with E-state index in [2.05, 4.69) is 10.2 Å². The third-order valence-corrected chi connectivity index (χ3v) is 6.56. The number of fused-ring (bicyclic) bond motifs is 2. The Labute approximate surface area is 188 Å². The minimum absolute atomic E-state index is 0.0542. The minimum Gasteiger partial charge on any atom is -0.494 e. The zero-order valence-corrected chi connectivity index (χ0v) is 18.7. The molecule has 0 spiro atoms. The molecule has 1 atom stereocenters. The fraction of sp³-hybridized carbons (Fsp3) is 0.250. The van der Waals surface area contributed by atoms with Crippen molar-refractivity contribution in [3.8, 4) is 5.75 Å². The third kappa shape index (κ3) is 3.18. The number of anilines is 1. The number of benzene rings is 2. The van der Waals surface area contributed by atoms with E-state index in [1.54, 1.807) is 12.1 Å². The predicted octanol–water partition coefficient (Wildman–Crippen LogP) is 4.66. The maximum Gasteiger partial charge on any atom is 0.297 e. The maximum atomic E-state index is 13.6. The van der Waals surface area contributed by atoms with E-state index in [1.807, 2.05) is 51.1 Å². The van der Waals surface area contributed by atoms with Gasteiger partial charge in [-0.3, -0.25) is 14.5 Å². The fourth-order valence-electron chi connectivity index (χ4n) is 4.00. The number of ether oxygens (including phenoxy) is 1. The Bertz CT molecular complexity index is 1390. The van der Waals surface area contributed by atoms with Gasteiger partial charge >= 0.3 is 0 Å². The molecule has 0 unspecified atom stereocenters. The smallest absolute Gasteiger partial charge is 0.297 e. The van der Waals surface area contributed by atoms with Crippen LogP contribution in [0.25, 0.3) is 11.0 Å². The summed E-state index contributed by atoms with van der Waals surface area (Å²) in [6.45, 7) is 6.37. The van der Waals surface area contributed by atoms with Gasteiger partial charge in [0.25, 0.3) is 5.91 Å². The monoisotopic (exact) mass is 447 g/mol. The number of amides is 1. The molecule has 7 nitrogen and oxygen atoms in total. The van der Waals surface area contributed by atoms with Gasteiger partial charge in [-0.05, 0) is 50.1 Å². The highest BCUT2D eigenvalue weighted by Crippen LogP contribution is 2.42. The molecule has 5 rings (SSSR count). The summed E-state index contributed by atoms with van der Waals surface area (Å²) in [7, 11) is 0. The number of hydrogen-bond acceptors (Lipinski definition) is 7. The number of nitrogens with zero attached hydrogens (tertiary/aromatic N) is 3. The molecule has 162 valence electrons. The predicted molar refractivity (Wildman–Crippen MR) is 123 cm³/mol. The fourth-order valence-corrected chi connectivity index (χ4v) is 4.80. The molecule has 0 aliphatic carbocycles. The maximum absolute atomic E-state index is 13.6. The van der Waals surface area contributed by atoms with Gasteiger partial charge in [-0.15, -0.1) is 10.2 Å². The molecular weight excluding hydrogens is 426 g/mol. The molecule has 0 bridgehead atoms. The third-order valence-electron chi connectivity index (χ3n) is 5.50. The zero-order chi connectivity index (χ0) is 22.4. The number of rotatable bonds is 5. The second kappa shape index (κ2) is 7.87. The van der Waals surface area contributed by atoms with E-state index in [-0.39, 0.29) is 11.2 Å². The normalized spacial score (nSPS) is 15.4. The van der Waals surface area contributed by atoms with E-state index < -0.39 is 11.9 Å². The van der Waals surface area contributed by atoms with Gasteiger partial charge in [-0.1, -0.05) is 42.0 Å². The molecule has 0 saturated carbocycles. The summed E-state index contributed by atoms with van der Waals surface area (Å²) in [5.74, 6) is 0.383. The Morgan fingerprint density at radius 2 is 1.88 bits per heavy atom. The second-order valence-electron chi connectivity index (χ2n) is 7.59. The van der Waals surface area contributed by atoms with Crippen LogP contribution in [0.3, 0.4) is 0 Å². The molecule has 2 aromatic carbocycles. The molecule has 0 N–H and O–H groups in total. The van der Waals surface area contributed by atoms with Crippen LogP contribution in [0.2, 0.25) is 0 Å². The Hall–Kier alpha value is -3.52. The van der Waals surface area contributed by atoms with Gasteiger partial charge in [0.05, 0.1) is 23.6 Å². The van der Waals surface area contributed by atoms with Gasteiger partial charge in [-0.2, -0.15) is 0 Å². The lowest BCUT2D eigenvalue weighted by molar-refractivity contribution is 0.0970. The molecule has 4 aromatic rings. The Balaban J connectivity index is 1.75. The van der Waals surface area contributed by atoms with Crippen LogP contribution < -0.4 is 15.1 Å². The topological polar surface area (TPSA) is 85.5 Å². The van der Waals surface area contributed by atoms with E-state index in [9.17, 15) is 9.59 Å². The first kappa shape index (κ1) is 20.4. The number of carbonyl (C=O) groups is 1. The van der Waals surface area contributed by atoms with Crippen molar-refractivity contribution in [2.24, 2.45) is 0 Å². The van der Waals surface area contributed by atoms with E-state index >= 15 is 0 Å². The highest BCUT2D eigenvalue weighted by Gasteiger charge is 2.45. The second-order valence-corrected chi connectivity index (χ2v) is 8.63. The van der Waals surface area contributed by atoms with Crippen LogP contribution in [0.1, 0.15) is 52.1 Å². The van der Waals surface area contributed by atoms with Crippen molar-refractivity contribution in [2.45, 2.75) is 33.2 Å². The van der Waals surface area contributed by atoms with Crippen molar-refractivity contribution < 1.29 is 13.9 Å².